The first-order valence-electron chi connectivity index (χ1n) is 9.61. The number of anilines is 2. The van der Waals surface area contributed by atoms with Crippen LogP contribution in [-0.4, -0.2) is 19.6 Å². The monoisotopic (exact) mass is 424 g/mol. The van der Waals surface area contributed by atoms with E-state index in [1.165, 1.54) is 0 Å². The number of rotatable bonds is 8. The van der Waals surface area contributed by atoms with Gasteiger partial charge < -0.3 is 20.1 Å². The highest BCUT2D eigenvalue weighted by Crippen LogP contribution is 2.29. The Morgan fingerprint density at radius 2 is 1.67 bits per heavy atom. The Bertz CT molecular complexity index is 1020. The van der Waals surface area contributed by atoms with Gasteiger partial charge in [-0.05, 0) is 61.4 Å². The van der Waals surface area contributed by atoms with Gasteiger partial charge in [-0.3, -0.25) is 4.79 Å². The molecule has 3 aromatic carbocycles. The van der Waals surface area contributed by atoms with Gasteiger partial charge in [-0.2, -0.15) is 0 Å². The summed E-state index contributed by atoms with van der Waals surface area (Å²) in [6.07, 6.45) is 0. The molecule has 0 bridgehead atoms. The average molecular weight is 425 g/mol. The lowest BCUT2D eigenvalue weighted by Gasteiger charge is -2.13. The van der Waals surface area contributed by atoms with E-state index < -0.39 is 0 Å². The number of carbonyl (C=O) groups excluding carboxylic acids is 1. The SMILES string of the molecule is COc1cc(CNc2ccc(C)c(Cl)c2)ccc1OCC(=O)Nc1ccc(C)cc1. The molecule has 0 fully saturated rings. The number of benzene rings is 3. The summed E-state index contributed by atoms with van der Waals surface area (Å²) in [5, 5.41) is 6.87. The number of ether oxygens (including phenoxy) is 2. The highest BCUT2D eigenvalue weighted by molar-refractivity contribution is 6.31. The van der Waals surface area contributed by atoms with Crippen LogP contribution in [0.2, 0.25) is 5.02 Å². The predicted octanol–water partition coefficient (Wildman–Crippen LogP) is 5.60. The number of hydrogen-bond acceptors (Lipinski definition) is 4. The van der Waals surface area contributed by atoms with Crippen LogP contribution in [0.15, 0.2) is 60.7 Å². The van der Waals surface area contributed by atoms with E-state index in [9.17, 15) is 4.79 Å². The minimum absolute atomic E-state index is 0.107. The van der Waals surface area contributed by atoms with Gasteiger partial charge in [-0.1, -0.05) is 41.4 Å². The minimum Gasteiger partial charge on any atom is -0.493 e. The predicted molar refractivity (Wildman–Crippen MR) is 122 cm³/mol. The van der Waals surface area contributed by atoms with E-state index in [4.69, 9.17) is 21.1 Å². The molecule has 5 nitrogen and oxygen atoms in total. The first-order valence-corrected chi connectivity index (χ1v) is 9.98. The van der Waals surface area contributed by atoms with Crippen molar-refractivity contribution >= 4 is 28.9 Å². The molecule has 156 valence electrons. The third kappa shape index (κ3) is 5.91. The lowest BCUT2D eigenvalue weighted by Crippen LogP contribution is -2.20. The molecule has 0 aliphatic carbocycles. The zero-order valence-electron chi connectivity index (χ0n) is 17.3. The molecule has 2 N–H and O–H groups in total. The number of methoxy groups -OCH3 is 1. The second-order valence-electron chi connectivity index (χ2n) is 7.01. The van der Waals surface area contributed by atoms with E-state index in [0.29, 0.717) is 18.0 Å². The van der Waals surface area contributed by atoms with Crippen LogP contribution in [0.4, 0.5) is 11.4 Å². The van der Waals surface area contributed by atoms with Crippen molar-refractivity contribution in [3.8, 4) is 11.5 Å². The quantitative estimate of drug-likeness (QED) is 0.494. The number of amides is 1. The lowest BCUT2D eigenvalue weighted by molar-refractivity contribution is -0.118. The van der Waals surface area contributed by atoms with Gasteiger partial charge in [0.25, 0.3) is 5.91 Å². The maximum absolute atomic E-state index is 12.2. The van der Waals surface area contributed by atoms with Crippen molar-refractivity contribution in [1.82, 2.24) is 0 Å². The van der Waals surface area contributed by atoms with Crippen molar-refractivity contribution in [1.29, 1.82) is 0 Å². The Labute approximate surface area is 182 Å². The van der Waals surface area contributed by atoms with Gasteiger partial charge in [0.1, 0.15) is 0 Å². The zero-order valence-corrected chi connectivity index (χ0v) is 18.0. The van der Waals surface area contributed by atoms with Crippen LogP contribution >= 0.6 is 11.6 Å². The van der Waals surface area contributed by atoms with Gasteiger partial charge >= 0.3 is 0 Å². The minimum atomic E-state index is -0.233. The van der Waals surface area contributed by atoms with Crippen LogP contribution in [0, 0.1) is 13.8 Å². The topological polar surface area (TPSA) is 59.6 Å². The third-order valence-electron chi connectivity index (χ3n) is 4.59. The molecule has 6 heteroatoms. The lowest BCUT2D eigenvalue weighted by atomic mass is 10.2. The van der Waals surface area contributed by atoms with Crippen molar-refractivity contribution in [2.24, 2.45) is 0 Å². The van der Waals surface area contributed by atoms with Crippen LogP contribution in [0.5, 0.6) is 11.5 Å². The average Bonchev–Trinajstić information content (AvgIpc) is 2.75. The summed E-state index contributed by atoms with van der Waals surface area (Å²) in [6.45, 7) is 4.46. The Morgan fingerprint density at radius 3 is 2.37 bits per heavy atom. The van der Waals surface area contributed by atoms with Gasteiger partial charge in [0.15, 0.2) is 18.1 Å². The van der Waals surface area contributed by atoms with E-state index in [1.807, 2.05) is 68.4 Å². The number of halogens is 1. The first kappa shape index (κ1) is 21.5. The Hall–Kier alpha value is -3.18. The summed E-state index contributed by atoms with van der Waals surface area (Å²) in [5.41, 5.74) is 4.86. The van der Waals surface area contributed by atoms with Crippen LogP contribution in [0.1, 0.15) is 16.7 Å². The smallest absolute Gasteiger partial charge is 0.262 e. The van der Waals surface area contributed by atoms with Gasteiger partial charge in [-0.15, -0.1) is 0 Å². The fourth-order valence-electron chi connectivity index (χ4n) is 2.83. The van der Waals surface area contributed by atoms with Crippen LogP contribution in [0.3, 0.4) is 0 Å². The summed E-state index contributed by atoms with van der Waals surface area (Å²) in [7, 11) is 1.57. The standard InChI is InChI=1S/C24H25ClN2O3/c1-16-4-8-19(9-5-16)27-24(28)15-30-22-11-7-18(12-23(22)29-3)14-26-20-10-6-17(2)21(25)13-20/h4-13,26H,14-15H2,1-3H3,(H,27,28). The summed E-state index contributed by atoms with van der Waals surface area (Å²) in [5.74, 6) is 0.848. The molecule has 0 spiro atoms. The van der Waals surface area contributed by atoms with Crippen molar-refractivity contribution < 1.29 is 14.3 Å². The maximum atomic E-state index is 12.2. The number of nitrogens with one attached hydrogen (secondary N) is 2. The highest BCUT2D eigenvalue weighted by Gasteiger charge is 2.09. The molecule has 0 aromatic heterocycles. The van der Waals surface area contributed by atoms with E-state index in [-0.39, 0.29) is 12.5 Å². The highest BCUT2D eigenvalue weighted by atomic mass is 35.5. The summed E-state index contributed by atoms with van der Waals surface area (Å²) < 4.78 is 11.1. The summed E-state index contributed by atoms with van der Waals surface area (Å²) >= 11 is 6.17. The molecule has 0 atom stereocenters. The molecule has 0 unspecified atom stereocenters. The maximum Gasteiger partial charge on any atom is 0.262 e. The van der Waals surface area contributed by atoms with Crippen molar-refractivity contribution in [3.63, 3.8) is 0 Å². The Kier molecular flexibility index (Phi) is 7.20. The van der Waals surface area contributed by atoms with Gasteiger partial charge in [0.05, 0.1) is 7.11 Å². The number of hydrogen-bond donors (Lipinski definition) is 2. The molecule has 0 saturated heterocycles. The van der Waals surface area contributed by atoms with E-state index in [2.05, 4.69) is 10.6 Å². The zero-order chi connectivity index (χ0) is 21.5. The fourth-order valence-corrected chi connectivity index (χ4v) is 3.01. The van der Waals surface area contributed by atoms with Crippen molar-refractivity contribution in [2.45, 2.75) is 20.4 Å². The third-order valence-corrected chi connectivity index (χ3v) is 5.00. The van der Waals surface area contributed by atoms with Gasteiger partial charge in [-0.25, -0.2) is 0 Å². The largest absolute Gasteiger partial charge is 0.493 e. The molecule has 30 heavy (non-hydrogen) atoms. The molecule has 0 aliphatic heterocycles. The molecular weight excluding hydrogens is 400 g/mol. The number of aryl methyl sites for hydroxylation is 2. The molecule has 3 aromatic rings. The van der Waals surface area contributed by atoms with E-state index in [1.54, 1.807) is 13.2 Å². The van der Waals surface area contributed by atoms with E-state index in [0.717, 1.165) is 33.1 Å². The first-order chi connectivity index (χ1) is 14.4. The second kappa shape index (κ2) is 10.0. The molecule has 1 amide bonds. The summed E-state index contributed by atoms with van der Waals surface area (Å²) in [4.78, 5) is 12.2. The summed E-state index contributed by atoms with van der Waals surface area (Å²) in [6, 6.07) is 19.1. The van der Waals surface area contributed by atoms with E-state index >= 15 is 0 Å². The number of carbonyl (C=O) groups is 1. The molecule has 0 heterocycles. The van der Waals surface area contributed by atoms with Crippen molar-refractivity contribution in [2.75, 3.05) is 24.4 Å². The fraction of sp³-hybridized carbons (Fsp3) is 0.208. The Morgan fingerprint density at radius 1 is 0.933 bits per heavy atom. The molecule has 0 radical (unpaired) electrons. The molecule has 3 rings (SSSR count). The van der Waals surface area contributed by atoms with Crippen LogP contribution < -0.4 is 20.1 Å². The Balaban J connectivity index is 1.57. The molecular formula is C24H25ClN2O3. The normalized spacial score (nSPS) is 10.4. The van der Waals surface area contributed by atoms with Gasteiger partial charge in [0, 0.05) is 22.9 Å². The van der Waals surface area contributed by atoms with Crippen LogP contribution in [0.25, 0.3) is 0 Å². The van der Waals surface area contributed by atoms with Crippen LogP contribution in [-0.2, 0) is 11.3 Å². The van der Waals surface area contributed by atoms with Crippen molar-refractivity contribution in [3.05, 3.63) is 82.4 Å². The van der Waals surface area contributed by atoms with Gasteiger partial charge in [0.2, 0.25) is 0 Å². The second-order valence-corrected chi connectivity index (χ2v) is 7.41. The molecule has 0 saturated carbocycles. The molecule has 0 aliphatic rings.